The van der Waals surface area contributed by atoms with Crippen LogP contribution in [0.15, 0.2) is 42.5 Å². The first-order valence-electron chi connectivity index (χ1n) is 10.9. The smallest absolute Gasteiger partial charge is 0.411 e. The largest absolute Gasteiger partial charge is 0.465 e. The van der Waals surface area contributed by atoms with Gasteiger partial charge >= 0.3 is 6.09 Å². The number of carbonyl (C=O) groups is 1. The Kier molecular flexibility index (Phi) is 7.39. The summed E-state index contributed by atoms with van der Waals surface area (Å²) in [4.78, 5) is 18.2. The Morgan fingerprint density at radius 1 is 1.15 bits per heavy atom. The Morgan fingerprint density at radius 2 is 1.82 bits per heavy atom. The van der Waals surface area contributed by atoms with E-state index in [4.69, 9.17) is 4.98 Å². The van der Waals surface area contributed by atoms with Gasteiger partial charge in [0.25, 0.3) is 0 Å². The number of anilines is 1. The molecule has 0 saturated carbocycles. The summed E-state index contributed by atoms with van der Waals surface area (Å²) in [6.45, 7) is 6.46. The molecule has 1 heterocycles. The fourth-order valence-electron chi connectivity index (χ4n) is 3.89. The number of benzene rings is 2. The Labute approximate surface area is 195 Å². The topological polar surface area (TPSA) is 99.6 Å². The highest BCUT2D eigenvalue weighted by molar-refractivity contribution is 7.88. The second-order valence-corrected chi connectivity index (χ2v) is 10.7. The van der Waals surface area contributed by atoms with E-state index in [1.165, 1.54) is 4.90 Å². The van der Waals surface area contributed by atoms with Gasteiger partial charge in [-0.25, -0.2) is 17.9 Å². The molecule has 0 spiro atoms. The predicted octanol–water partition coefficient (Wildman–Crippen LogP) is 4.61. The number of sulfonamides is 1. The van der Waals surface area contributed by atoms with Crippen LogP contribution in [0.2, 0.25) is 0 Å². The molecule has 3 rings (SSSR count). The highest BCUT2D eigenvalue weighted by Crippen LogP contribution is 2.40. The molecule has 33 heavy (non-hydrogen) atoms. The average Bonchev–Trinajstić information content (AvgIpc) is 2.72. The predicted molar refractivity (Wildman–Crippen MR) is 133 cm³/mol. The molecule has 0 unspecified atom stereocenters. The highest BCUT2D eigenvalue weighted by Gasteiger charge is 2.23. The van der Waals surface area contributed by atoms with Gasteiger partial charge in [-0.1, -0.05) is 49.7 Å². The SMILES string of the molecule is Cc1ccc(-c2c(N(C)C(=O)O)c(CC(C)C)nc3ccc(CCNS(C)(=O)=O)cc23)cc1. The number of aromatic nitrogens is 1. The summed E-state index contributed by atoms with van der Waals surface area (Å²) in [7, 11) is -1.72. The van der Waals surface area contributed by atoms with Gasteiger partial charge in [-0.3, -0.25) is 9.88 Å². The van der Waals surface area contributed by atoms with Crippen molar-refractivity contribution in [1.29, 1.82) is 0 Å². The van der Waals surface area contributed by atoms with Crippen LogP contribution in [0, 0.1) is 12.8 Å². The molecule has 0 bridgehead atoms. The molecule has 1 amide bonds. The molecule has 8 heteroatoms. The molecule has 2 N–H and O–H groups in total. The molecule has 0 saturated heterocycles. The summed E-state index contributed by atoms with van der Waals surface area (Å²) in [6, 6.07) is 13.9. The molecule has 0 fully saturated rings. The standard InChI is InChI=1S/C25H31N3O4S/c1-16(2)14-22-24(28(4)25(29)30)23(19-9-6-17(3)7-10-19)20-15-18(8-11-21(20)27-22)12-13-26-33(5,31)32/h6-11,15-16,26H,12-14H2,1-5H3,(H,29,30). The number of hydrogen-bond acceptors (Lipinski definition) is 4. The Morgan fingerprint density at radius 3 is 2.39 bits per heavy atom. The van der Waals surface area contributed by atoms with Gasteiger partial charge in [-0.15, -0.1) is 0 Å². The van der Waals surface area contributed by atoms with Crippen LogP contribution in [0.4, 0.5) is 10.5 Å². The normalized spacial score (nSPS) is 11.8. The molecule has 2 aromatic carbocycles. The average molecular weight is 470 g/mol. The van der Waals surface area contributed by atoms with E-state index < -0.39 is 16.1 Å². The molecule has 0 radical (unpaired) electrons. The third-order valence-electron chi connectivity index (χ3n) is 5.44. The first-order chi connectivity index (χ1) is 15.5. The molecule has 0 aliphatic heterocycles. The van der Waals surface area contributed by atoms with E-state index in [2.05, 4.69) is 18.6 Å². The summed E-state index contributed by atoms with van der Waals surface area (Å²) in [5.41, 5.74) is 5.88. The van der Waals surface area contributed by atoms with Gasteiger partial charge in [0.05, 0.1) is 23.2 Å². The number of aryl methyl sites for hydroxylation is 1. The molecule has 0 atom stereocenters. The minimum atomic E-state index is -3.27. The maximum atomic E-state index is 12.0. The fourth-order valence-corrected chi connectivity index (χ4v) is 4.36. The zero-order valence-electron chi connectivity index (χ0n) is 19.7. The lowest BCUT2D eigenvalue weighted by Crippen LogP contribution is -2.26. The number of hydrogen-bond donors (Lipinski definition) is 2. The van der Waals surface area contributed by atoms with Crippen LogP contribution in [0.5, 0.6) is 0 Å². The Bertz CT molecular complexity index is 1270. The van der Waals surface area contributed by atoms with Crippen LogP contribution in [0.1, 0.15) is 30.7 Å². The van der Waals surface area contributed by atoms with Crippen LogP contribution in [-0.2, 0) is 22.9 Å². The van der Waals surface area contributed by atoms with E-state index in [1.54, 1.807) is 7.05 Å². The second kappa shape index (κ2) is 9.89. The van der Waals surface area contributed by atoms with Gasteiger partial charge in [-0.2, -0.15) is 0 Å². The maximum Gasteiger partial charge on any atom is 0.411 e. The highest BCUT2D eigenvalue weighted by atomic mass is 32.2. The van der Waals surface area contributed by atoms with Crippen molar-refractivity contribution >= 4 is 32.7 Å². The lowest BCUT2D eigenvalue weighted by molar-refractivity contribution is 0.203. The van der Waals surface area contributed by atoms with Crippen molar-refractivity contribution in [3.63, 3.8) is 0 Å². The third kappa shape index (κ3) is 6.09. The number of amides is 1. The van der Waals surface area contributed by atoms with Crippen LogP contribution in [0.25, 0.3) is 22.0 Å². The zero-order chi connectivity index (χ0) is 24.3. The van der Waals surface area contributed by atoms with Crippen molar-refractivity contribution in [1.82, 2.24) is 9.71 Å². The van der Waals surface area contributed by atoms with Gasteiger partial charge in [0.2, 0.25) is 10.0 Å². The minimum absolute atomic E-state index is 0.283. The van der Waals surface area contributed by atoms with E-state index >= 15 is 0 Å². The Hall–Kier alpha value is -2.97. The number of carboxylic acid groups (broad SMARTS) is 1. The first kappa shape index (κ1) is 24.7. The fraction of sp³-hybridized carbons (Fsp3) is 0.360. The van der Waals surface area contributed by atoms with Gasteiger partial charge in [-0.05, 0) is 48.9 Å². The molecule has 3 aromatic rings. The van der Waals surface area contributed by atoms with Gasteiger partial charge in [0.1, 0.15) is 0 Å². The number of nitrogens with zero attached hydrogens (tertiary/aromatic N) is 2. The van der Waals surface area contributed by atoms with Crippen LogP contribution < -0.4 is 9.62 Å². The van der Waals surface area contributed by atoms with Crippen LogP contribution in [-0.4, -0.2) is 44.4 Å². The van der Waals surface area contributed by atoms with E-state index in [0.29, 0.717) is 24.4 Å². The molecule has 7 nitrogen and oxygen atoms in total. The van der Waals surface area contributed by atoms with Crippen molar-refractivity contribution < 1.29 is 18.3 Å². The second-order valence-electron chi connectivity index (χ2n) is 8.86. The summed E-state index contributed by atoms with van der Waals surface area (Å²) in [6.07, 6.45) is 1.23. The van der Waals surface area contributed by atoms with E-state index in [0.717, 1.165) is 45.1 Å². The van der Waals surface area contributed by atoms with Gasteiger partial charge in [0.15, 0.2) is 0 Å². The monoisotopic (exact) mass is 469 g/mol. The molecule has 0 aliphatic rings. The van der Waals surface area contributed by atoms with Crippen molar-refractivity contribution in [2.75, 3.05) is 24.7 Å². The lowest BCUT2D eigenvalue weighted by Gasteiger charge is -2.24. The van der Waals surface area contributed by atoms with Crippen LogP contribution in [0.3, 0.4) is 0 Å². The van der Waals surface area contributed by atoms with Gasteiger partial charge < -0.3 is 5.11 Å². The third-order valence-corrected chi connectivity index (χ3v) is 6.17. The molecule has 176 valence electrons. The zero-order valence-corrected chi connectivity index (χ0v) is 20.5. The summed E-state index contributed by atoms with van der Waals surface area (Å²) < 4.78 is 25.4. The summed E-state index contributed by atoms with van der Waals surface area (Å²) in [5.74, 6) is 0.295. The molecule has 1 aromatic heterocycles. The number of nitrogens with one attached hydrogen (secondary N) is 1. The molecular weight excluding hydrogens is 438 g/mol. The number of pyridine rings is 1. The van der Waals surface area contributed by atoms with E-state index in [1.807, 2.05) is 49.4 Å². The van der Waals surface area contributed by atoms with Crippen LogP contribution >= 0.6 is 0 Å². The van der Waals surface area contributed by atoms with Crippen molar-refractivity contribution in [2.45, 2.75) is 33.6 Å². The molecular formula is C25H31N3O4S. The number of fused-ring (bicyclic) bond motifs is 1. The van der Waals surface area contributed by atoms with Crippen molar-refractivity contribution in [2.24, 2.45) is 5.92 Å². The van der Waals surface area contributed by atoms with E-state index in [9.17, 15) is 18.3 Å². The first-order valence-corrected chi connectivity index (χ1v) is 12.8. The lowest BCUT2D eigenvalue weighted by atomic mass is 9.93. The number of rotatable bonds is 8. The molecule has 0 aliphatic carbocycles. The Balaban J connectivity index is 2.28. The van der Waals surface area contributed by atoms with Crippen molar-refractivity contribution in [3.05, 3.63) is 59.3 Å². The van der Waals surface area contributed by atoms with Crippen molar-refractivity contribution in [3.8, 4) is 11.1 Å². The quantitative estimate of drug-likeness (QED) is 0.502. The maximum absolute atomic E-state index is 12.0. The summed E-state index contributed by atoms with van der Waals surface area (Å²) in [5, 5.41) is 10.7. The summed E-state index contributed by atoms with van der Waals surface area (Å²) >= 11 is 0. The minimum Gasteiger partial charge on any atom is -0.465 e. The van der Waals surface area contributed by atoms with Gasteiger partial charge in [0, 0.05) is 24.5 Å². The van der Waals surface area contributed by atoms with E-state index in [-0.39, 0.29) is 6.54 Å².